The Hall–Kier alpha value is -1.48. The van der Waals surface area contributed by atoms with Crippen LogP contribution in [0.5, 0.6) is 0 Å². The van der Waals surface area contributed by atoms with Crippen molar-refractivity contribution in [3.05, 3.63) is 58.4 Å². The number of hydrogen-bond donors (Lipinski definition) is 0. The molecule has 2 aromatic carbocycles. The molecule has 0 unspecified atom stereocenters. The molecule has 0 fully saturated rings. The van der Waals surface area contributed by atoms with E-state index in [9.17, 15) is 13.2 Å². The van der Waals surface area contributed by atoms with Gasteiger partial charge in [-0.1, -0.05) is 36.7 Å². The van der Waals surface area contributed by atoms with Gasteiger partial charge in [-0.05, 0) is 24.1 Å². The summed E-state index contributed by atoms with van der Waals surface area (Å²) in [5, 5.41) is -0.0129. The van der Waals surface area contributed by atoms with Crippen molar-refractivity contribution >= 4 is 11.6 Å². The van der Waals surface area contributed by atoms with Crippen molar-refractivity contribution in [1.29, 1.82) is 0 Å². The third-order valence-electron chi connectivity index (χ3n) is 2.76. The Labute approximate surface area is 108 Å². The molecule has 0 radical (unpaired) electrons. The lowest BCUT2D eigenvalue weighted by Gasteiger charge is -2.09. The van der Waals surface area contributed by atoms with Crippen molar-refractivity contribution in [3.8, 4) is 11.1 Å². The molecule has 0 saturated heterocycles. The van der Waals surface area contributed by atoms with Gasteiger partial charge in [-0.15, -0.1) is 0 Å². The molecular weight excluding hydrogens is 261 g/mol. The number of halogens is 4. The molecule has 0 spiro atoms. The molecule has 0 amide bonds. The van der Waals surface area contributed by atoms with Crippen molar-refractivity contribution in [1.82, 2.24) is 0 Å². The van der Waals surface area contributed by atoms with Crippen LogP contribution < -0.4 is 0 Å². The Morgan fingerprint density at radius 1 is 1.00 bits per heavy atom. The predicted octanol–water partition coefficient (Wildman–Crippen LogP) is 4.99. The standard InChI is InChI=1S/C14H10ClF3/c1-2-8-4-3-5-9(14(8)18)10-6-12(16)13(17)7-11(10)15/h3-7H,2H2,1H3. The van der Waals surface area contributed by atoms with Crippen molar-refractivity contribution in [3.63, 3.8) is 0 Å². The molecule has 0 bridgehead atoms. The van der Waals surface area contributed by atoms with Crippen LogP contribution >= 0.6 is 11.6 Å². The molecule has 0 N–H and O–H groups in total. The maximum atomic E-state index is 14.1. The molecule has 0 aliphatic heterocycles. The first-order valence-corrected chi connectivity index (χ1v) is 5.84. The van der Waals surface area contributed by atoms with Crippen molar-refractivity contribution < 1.29 is 13.2 Å². The molecule has 2 aromatic rings. The number of rotatable bonds is 2. The van der Waals surface area contributed by atoms with Gasteiger partial charge in [-0.2, -0.15) is 0 Å². The molecule has 2 rings (SSSR count). The minimum atomic E-state index is -1.05. The topological polar surface area (TPSA) is 0 Å². The first kappa shape index (κ1) is 13.0. The van der Waals surface area contributed by atoms with Gasteiger partial charge in [0.2, 0.25) is 0 Å². The molecular formula is C14H10ClF3. The minimum absolute atomic E-state index is 0.0129. The number of benzene rings is 2. The second-order valence-corrected chi connectivity index (χ2v) is 4.29. The van der Waals surface area contributed by atoms with E-state index in [1.807, 2.05) is 6.92 Å². The quantitative estimate of drug-likeness (QED) is 0.675. The Balaban J connectivity index is 2.66. The summed E-state index contributed by atoms with van der Waals surface area (Å²) in [5.74, 6) is -2.54. The number of aryl methyl sites for hydroxylation is 1. The second kappa shape index (κ2) is 5.02. The van der Waals surface area contributed by atoms with E-state index in [2.05, 4.69) is 0 Å². The van der Waals surface area contributed by atoms with Gasteiger partial charge in [0.25, 0.3) is 0 Å². The highest BCUT2D eigenvalue weighted by Crippen LogP contribution is 2.32. The molecule has 4 heteroatoms. The fourth-order valence-corrected chi connectivity index (χ4v) is 2.04. The van der Waals surface area contributed by atoms with E-state index in [4.69, 9.17) is 11.6 Å². The van der Waals surface area contributed by atoms with Gasteiger partial charge in [0.15, 0.2) is 11.6 Å². The Kier molecular flexibility index (Phi) is 3.62. The first-order valence-electron chi connectivity index (χ1n) is 5.47. The van der Waals surface area contributed by atoms with Crippen molar-refractivity contribution in [2.24, 2.45) is 0 Å². The van der Waals surface area contributed by atoms with Gasteiger partial charge < -0.3 is 0 Å². The monoisotopic (exact) mass is 270 g/mol. The zero-order chi connectivity index (χ0) is 13.3. The van der Waals surface area contributed by atoms with Gasteiger partial charge in [-0.3, -0.25) is 0 Å². The summed E-state index contributed by atoms with van der Waals surface area (Å²) in [5.41, 5.74) is 0.843. The van der Waals surface area contributed by atoms with E-state index in [-0.39, 0.29) is 16.1 Å². The summed E-state index contributed by atoms with van der Waals surface area (Å²) in [7, 11) is 0. The molecule has 0 saturated carbocycles. The molecule has 94 valence electrons. The van der Waals surface area contributed by atoms with Crippen LogP contribution in [0.2, 0.25) is 5.02 Å². The van der Waals surface area contributed by atoms with E-state index in [1.165, 1.54) is 6.07 Å². The van der Waals surface area contributed by atoms with Crippen LogP contribution in [0.25, 0.3) is 11.1 Å². The lowest BCUT2D eigenvalue weighted by molar-refractivity contribution is 0.509. The summed E-state index contributed by atoms with van der Waals surface area (Å²) < 4.78 is 40.3. The van der Waals surface area contributed by atoms with Crippen LogP contribution in [0.4, 0.5) is 13.2 Å². The summed E-state index contributed by atoms with van der Waals surface area (Å²) in [4.78, 5) is 0. The minimum Gasteiger partial charge on any atom is -0.206 e. The van der Waals surface area contributed by atoms with E-state index in [0.29, 0.717) is 12.0 Å². The fraction of sp³-hybridized carbons (Fsp3) is 0.143. The van der Waals surface area contributed by atoms with Crippen LogP contribution in [0.3, 0.4) is 0 Å². The summed E-state index contributed by atoms with van der Waals surface area (Å²) >= 11 is 5.83. The highest BCUT2D eigenvalue weighted by atomic mass is 35.5. The highest BCUT2D eigenvalue weighted by molar-refractivity contribution is 6.33. The zero-order valence-corrected chi connectivity index (χ0v) is 10.4. The first-order chi connectivity index (χ1) is 8.54. The largest absolute Gasteiger partial charge is 0.206 e. The van der Waals surface area contributed by atoms with Crippen LogP contribution in [-0.2, 0) is 6.42 Å². The van der Waals surface area contributed by atoms with E-state index in [0.717, 1.165) is 12.1 Å². The lowest BCUT2D eigenvalue weighted by Crippen LogP contribution is -1.94. The molecule has 0 atom stereocenters. The van der Waals surface area contributed by atoms with E-state index < -0.39 is 17.5 Å². The van der Waals surface area contributed by atoms with Crippen LogP contribution in [0.1, 0.15) is 12.5 Å². The Bertz CT molecular complexity index is 594. The van der Waals surface area contributed by atoms with Gasteiger partial charge >= 0.3 is 0 Å². The van der Waals surface area contributed by atoms with Gasteiger partial charge in [0, 0.05) is 11.1 Å². The van der Waals surface area contributed by atoms with Gasteiger partial charge in [0.1, 0.15) is 5.82 Å². The van der Waals surface area contributed by atoms with E-state index in [1.54, 1.807) is 12.1 Å². The van der Waals surface area contributed by atoms with Gasteiger partial charge in [0.05, 0.1) is 5.02 Å². The van der Waals surface area contributed by atoms with Crippen molar-refractivity contribution in [2.75, 3.05) is 0 Å². The summed E-state index contributed by atoms with van der Waals surface area (Å²) in [6, 6.07) is 6.56. The average Bonchev–Trinajstić information content (AvgIpc) is 2.34. The van der Waals surface area contributed by atoms with E-state index >= 15 is 0 Å². The zero-order valence-electron chi connectivity index (χ0n) is 9.61. The predicted molar refractivity (Wildman–Crippen MR) is 66.1 cm³/mol. The Morgan fingerprint density at radius 3 is 2.33 bits per heavy atom. The van der Waals surface area contributed by atoms with Crippen LogP contribution in [0, 0.1) is 17.5 Å². The second-order valence-electron chi connectivity index (χ2n) is 3.88. The number of hydrogen-bond acceptors (Lipinski definition) is 0. The summed E-state index contributed by atoms with van der Waals surface area (Å²) in [6.07, 6.45) is 0.515. The molecule has 0 aliphatic rings. The molecule has 0 aromatic heterocycles. The fourth-order valence-electron chi connectivity index (χ4n) is 1.79. The van der Waals surface area contributed by atoms with Gasteiger partial charge in [-0.25, -0.2) is 13.2 Å². The smallest absolute Gasteiger partial charge is 0.160 e. The third-order valence-corrected chi connectivity index (χ3v) is 3.07. The summed E-state index contributed by atoms with van der Waals surface area (Å²) in [6.45, 7) is 1.81. The van der Waals surface area contributed by atoms with Crippen LogP contribution in [-0.4, -0.2) is 0 Å². The molecule has 0 heterocycles. The maximum absolute atomic E-state index is 14.1. The molecule has 18 heavy (non-hydrogen) atoms. The molecule has 0 nitrogen and oxygen atoms in total. The lowest BCUT2D eigenvalue weighted by atomic mass is 10.0. The SMILES string of the molecule is CCc1cccc(-c2cc(F)c(F)cc2Cl)c1F. The third kappa shape index (κ3) is 2.23. The normalized spacial score (nSPS) is 10.7. The van der Waals surface area contributed by atoms with Crippen LogP contribution in [0.15, 0.2) is 30.3 Å². The highest BCUT2D eigenvalue weighted by Gasteiger charge is 2.14. The Morgan fingerprint density at radius 2 is 1.67 bits per heavy atom. The molecule has 0 aliphatic carbocycles. The maximum Gasteiger partial charge on any atom is 0.160 e. The van der Waals surface area contributed by atoms with Crippen molar-refractivity contribution in [2.45, 2.75) is 13.3 Å². The average molecular weight is 271 g/mol.